The van der Waals surface area contributed by atoms with Gasteiger partial charge in [0.25, 0.3) is 5.91 Å². The second kappa shape index (κ2) is 6.55. The van der Waals surface area contributed by atoms with Crippen molar-refractivity contribution in [3.8, 4) is 11.8 Å². The molecule has 0 aromatic heterocycles. The molecule has 0 saturated heterocycles. The molecule has 0 unspecified atom stereocenters. The molecule has 0 atom stereocenters. The van der Waals surface area contributed by atoms with Gasteiger partial charge >= 0.3 is 0 Å². The molecule has 0 saturated carbocycles. The average Bonchev–Trinajstić information content (AvgIpc) is 2.38. The van der Waals surface area contributed by atoms with Crippen LogP contribution in [0, 0.1) is 11.8 Å². The van der Waals surface area contributed by atoms with E-state index in [2.05, 4.69) is 18.4 Å². The number of rotatable bonds is 3. The Morgan fingerprint density at radius 1 is 1.29 bits per heavy atom. The van der Waals surface area contributed by atoms with Crippen molar-refractivity contribution in [1.29, 1.82) is 0 Å². The molecule has 0 N–H and O–H groups in total. The lowest BCUT2D eigenvalue weighted by Crippen LogP contribution is -2.30. The lowest BCUT2D eigenvalue weighted by Gasteiger charge is -2.18. The summed E-state index contributed by atoms with van der Waals surface area (Å²) >= 11 is 0. The number of hydrogen-bond acceptors (Lipinski definition) is 1. The maximum Gasteiger partial charge on any atom is 0.253 e. The molecule has 0 radical (unpaired) electrons. The second-order valence-corrected chi connectivity index (χ2v) is 3.53. The summed E-state index contributed by atoms with van der Waals surface area (Å²) < 4.78 is 0. The molecule has 0 aliphatic carbocycles. The van der Waals surface area contributed by atoms with Gasteiger partial charge in [0.1, 0.15) is 0 Å². The number of carbonyl (C=O) groups excluding carboxylic acids is 1. The molecule has 17 heavy (non-hydrogen) atoms. The molecule has 1 aromatic carbocycles. The minimum absolute atomic E-state index is 0.0678. The molecule has 2 nitrogen and oxygen atoms in total. The summed E-state index contributed by atoms with van der Waals surface area (Å²) in [6.45, 7) is 8.95. The third kappa shape index (κ3) is 3.49. The van der Waals surface area contributed by atoms with E-state index in [9.17, 15) is 4.79 Å². The van der Waals surface area contributed by atoms with E-state index in [0.29, 0.717) is 5.56 Å². The summed E-state index contributed by atoms with van der Waals surface area (Å²) in [4.78, 5) is 13.8. The van der Waals surface area contributed by atoms with Gasteiger partial charge in [0.2, 0.25) is 0 Å². The summed E-state index contributed by atoms with van der Waals surface area (Å²) in [6, 6.07) is 7.34. The van der Waals surface area contributed by atoms with E-state index in [4.69, 9.17) is 0 Å². The van der Waals surface area contributed by atoms with Crippen LogP contribution in [0.4, 0.5) is 0 Å². The van der Waals surface area contributed by atoms with E-state index in [-0.39, 0.29) is 5.91 Å². The molecule has 1 amide bonds. The van der Waals surface area contributed by atoms with E-state index in [1.165, 1.54) is 0 Å². The van der Waals surface area contributed by atoms with Crippen molar-refractivity contribution in [2.45, 2.75) is 13.8 Å². The van der Waals surface area contributed by atoms with Gasteiger partial charge in [-0.25, -0.2) is 0 Å². The van der Waals surface area contributed by atoms with Crippen LogP contribution in [0.2, 0.25) is 0 Å². The van der Waals surface area contributed by atoms with Crippen LogP contribution in [-0.2, 0) is 0 Å². The highest BCUT2D eigenvalue weighted by atomic mass is 16.2. The zero-order valence-electron chi connectivity index (χ0n) is 10.4. The summed E-state index contributed by atoms with van der Waals surface area (Å²) in [7, 11) is 0. The van der Waals surface area contributed by atoms with Gasteiger partial charge < -0.3 is 4.90 Å². The standard InChI is InChI=1S/C15H17NO/c1-4-7-8-13-9-11-14(12-10-13)15(17)16(5-2)6-3/h4,9-12H,1,5-6H2,2-3H3. The lowest BCUT2D eigenvalue weighted by molar-refractivity contribution is 0.0773. The molecular formula is C15H17NO. The SMILES string of the molecule is C=CC#Cc1ccc(C(=O)N(CC)CC)cc1. The first kappa shape index (κ1) is 13.1. The summed E-state index contributed by atoms with van der Waals surface area (Å²) in [5, 5.41) is 0. The zero-order valence-corrected chi connectivity index (χ0v) is 10.4. The van der Waals surface area contributed by atoms with Gasteiger partial charge in [0.15, 0.2) is 0 Å². The number of nitrogens with zero attached hydrogens (tertiary/aromatic N) is 1. The van der Waals surface area contributed by atoms with Crippen molar-refractivity contribution >= 4 is 5.91 Å². The Morgan fingerprint density at radius 2 is 1.88 bits per heavy atom. The predicted octanol–water partition coefficient (Wildman–Crippen LogP) is 2.71. The van der Waals surface area contributed by atoms with E-state index >= 15 is 0 Å². The molecule has 0 aliphatic heterocycles. The molecule has 88 valence electrons. The quantitative estimate of drug-likeness (QED) is 0.727. The summed E-state index contributed by atoms with van der Waals surface area (Å²) in [5.74, 6) is 5.77. The highest BCUT2D eigenvalue weighted by Crippen LogP contribution is 2.07. The molecule has 0 bridgehead atoms. The minimum atomic E-state index is 0.0678. The first-order valence-corrected chi connectivity index (χ1v) is 5.74. The summed E-state index contributed by atoms with van der Waals surface area (Å²) in [5.41, 5.74) is 1.60. The molecule has 1 aromatic rings. The first-order chi connectivity index (χ1) is 8.22. The van der Waals surface area contributed by atoms with Crippen LogP contribution in [0.15, 0.2) is 36.9 Å². The minimum Gasteiger partial charge on any atom is -0.339 e. The van der Waals surface area contributed by atoms with Gasteiger partial charge in [-0.2, -0.15) is 0 Å². The zero-order chi connectivity index (χ0) is 12.7. The van der Waals surface area contributed by atoms with Gasteiger partial charge in [0, 0.05) is 24.2 Å². The van der Waals surface area contributed by atoms with Crippen molar-refractivity contribution < 1.29 is 4.79 Å². The number of allylic oxidation sites excluding steroid dienone is 1. The molecule has 0 spiro atoms. The molecule has 1 rings (SSSR count). The molecular weight excluding hydrogens is 210 g/mol. The highest BCUT2D eigenvalue weighted by molar-refractivity contribution is 5.94. The molecule has 0 fully saturated rings. The van der Waals surface area contributed by atoms with Gasteiger partial charge in [-0.05, 0) is 44.2 Å². The Bertz CT molecular complexity index is 444. The Kier molecular flexibility index (Phi) is 5.03. The fourth-order valence-electron chi connectivity index (χ4n) is 1.52. The van der Waals surface area contributed by atoms with Crippen molar-refractivity contribution in [3.63, 3.8) is 0 Å². The predicted molar refractivity (Wildman–Crippen MR) is 70.8 cm³/mol. The highest BCUT2D eigenvalue weighted by Gasteiger charge is 2.11. The number of benzene rings is 1. The van der Waals surface area contributed by atoms with Gasteiger partial charge in [0.05, 0.1) is 0 Å². The molecule has 0 aliphatic rings. The average molecular weight is 227 g/mol. The second-order valence-electron chi connectivity index (χ2n) is 3.53. The smallest absolute Gasteiger partial charge is 0.253 e. The van der Waals surface area contributed by atoms with Crippen LogP contribution in [0.1, 0.15) is 29.8 Å². The van der Waals surface area contributed by atoms with Crippen molar-refractivity contribution in [2.75, 3.05) is 13.1 Å². The third-order valence-corrected chi connectivity index (χ3v) is 2.50. The Morgan fingerprint density at radius 3 is 2.35 bits per heavy atom. The maximum absolute atomic E-state index is 12.0. The van der Waals surface area contributed by atoms with E-state index in [1.807, 2.05) is 38.1 Å². The number of amides is 1. The lowest BCUT2D eigenvalue weighted by atomic mass is 10.1. The first-order valence-electron chi connectivity index (χ1n) is 5.74. The van der Waals surface area contributed by atoms with Crippen molar-refractivity contribution in [3.05, 3.63) is 48.0 Å². The van der Waals surface area contributed by atoms with Crippen LogP contribution in [0.5, 0.6) is 0 Å². The van der Waals surface area contributed by atoms with Crippen LogP contribution in [0.3, 0.4) is 0 Å². The Labute approximate surface area is 103 Å². The number of carbonyl (C=O) groups is 1. The Balaban J connectivity index is 2.87. The molecule has 0 heterocycles. The summed E-state index contributed by atoms with van der Waals surface area (Å²) in [6.07, 6.45) is 1.55. The maximum atomic E-state index is 12.0. The van der Waals surface area contributed by atoms with E-state index < -0.39 is 0 Å². The van der Waals surface area contributed by atoms with Crippen LogP contribution < -0.4 is 0 Å². The van der Waals surface area contributed by atoms with Crippen molar-refractivity contribution in [1.82, 2.24) is 4.90 Å². The van der Waals surface area contributed by atoms with Gasteiger partial charge in [-0.1, -0.05) is 18.4 Å². The third-order valence-electron chi connectivity index (χ3n) is 2.50. The van der Waals surface area contributed by atoms with Gasteiger partial charge in [-0.3, -0.25) is 4.79 Å². The normalized spacial score (nSPS) is 9.06. The van der Waals surface area contributed by atoms with Crippen LogP contribution in [0.25, 0.3) is 0 Å². The monoisotopic (exact) mass is 227 g/mol. The number of hydrogen-bond donors (Lipinski definition) is 0. The van der Waals surface area contributed by atoms with E-state index in [0.717, 1.165) is 18.7 Å². The topological polar surface area (TPSA) is 20.3 Å². The van der Waals surface area contributed by atoms with Crippen LogP contribution >= 0.6 is 0 Å². The largest absolute Gasteiger partial charge is 0.339 e. The van der Waals surface area contributed by atoms with Crippen LogP contribution in [-0.4, -0.2) is 23.9 Å². The van der Waals surface area contributed by atoms with E-state index in [1.54, 1.807) is 11.0 Å². The van der Waals surface area contributed by atoms with Gasteiger partial charge in [-0.15, -0.1) is 0 Å². The molecule has 2 heteroatoms. The fourth-order valence-corrected chi connectivity index (χ4v) is 1.52. The Hall–Kier alpha value is -2.01. The fraction of sp³-hybridized carbons (Fsp3) is 0.267. The van der Waals surface area contributed by atoms with Crippen molar-refractivity contribution in [2.24, 2.45) is 0 Å².